The molecule has 0 bridgehead atoms. The summed E-state index contributed by atoms with van der Waals surface area (Å²) < 4.78 is 229. The van der Waals surface area contributed by atoms with Gasteiger partial charge in [0, 0.05) is 65.8 Å². The first-order chi connectivity index (χ1) is 41.3. The molecule has 13 rings (SSSR count). The smallest absolute Gasteiger partial charge is 0.0653 e. The predicted molar refractivity (Wildman–Crippen MR) is 274 cm³/mol. The van der Waals surface area contributed by atoms with E-state index in [9.17, 15) is 24.7 Å². The molecule has 306 valence electrons. The summed E-state index contributed by atoms with van der Waals surface area (Å²) in [4.78, 5) is 2.39. The molecule has 4 heteroatoms. The minimum Gasteiger partial charge on any atom is -0.310 e. The molecule has 0 spiro atoms. The van der Waals surface area contributed by atoms with Crippen molar-refractivity contribution >= 4 is 110 Å². The maximum absolute atomic E-state index is 10.5. The van der Waals surface area contributed by atoms with Gasteiger partial charge in [-0.3, -0.25) is 0 Å². The van der Waals surface area contributed by atoms with Gasteiger partial charge >= 0.3 is 0 Å². The minimum atomic E-state index is -0.771. The minimum absolute atomic E-state index is 0.142. The molecule has 4 nitrogen and oxygen atoms in total. The topological polar surface area (TPSA) is 15.3 Å². The van der Waals surface area contributed by atoms with Gasteiger partial charge in [0.2, 0.25) is 0 Å². The summed E-state index contributed by atoms with van der Waals surface area (Å²) in [5, 5.41) is -1.95. The Morgan fingerprint density at radius 3 is 1.09 bits per heavy atom. The Morgan fingerprint density at radius 1 is 0.344 bits per heavy atom. The van der Waals surface area contributed by atoms with Crippen molar-refractivity contribution in [1.29, 1.82) is 0 Å². The molecule has 4 heterocycles. The van der Waals surface area contributed by atoms with Crippen molar-refractivity contribution in [2.24, 2.45) is 0 Å². The molecule has 0 aliphatic carbocycles. The van der Waals surface area contributed by atoms with Crippen LogP contribution in [0.4, 0.5) is 34.1 Å². The molecular weight excluding hydrogens is 777 g/mol. The number of rotatable bonds is 6. The number of hydrogen-bond acceptors (Lipinski definition) is 2. The second-order valence-electron chi connectivity index (χ2n) is 16.2. The van der Waals surface area contributed by atoms with E-state index in [-0.39, 0.29) is 98.9 Å². The largest absolute Gasteiger partial charge is 0.310 e. The first-order valence-corrected chi connectivity index (χ1v) is 20.5. The molecule has 0 N–H and O–H groups in total. The van der Waals surface area contributed by atoms with Crippen molar-refractivity contribution in [3.63, 3.8) is 0 Å². The zero-order chi connectivity index (χ0) is 64.0. The molecule has 64 heavy (non-hydrogen) atoms. The van der Waals surface area contributed by atoms with E-state index in [1.165, 1.54) is 18.6 Å². The third kappa shape index (κ3) is 4.94. The van der Waals surface area contributed by atoms with Crippen molar-refractivity contribution in [1.82, 2.24) is 8.80 Å². The molecule has 0 saturated heterocycles. The fourth-order valence-corrected chi connectivity index (χ4v) is 9.47. The van der Waals surface area contributed by atoms with Gasteiger partial charge in [0.15, 0.2) is 0 Å². The molecule has 0 aliphatic rings. The highest BCUT2D eigenvalue weighted by molar-refractivity contribution is 6.31. The first-order valence-electron chi connectivity index (χ1n) is 32.5. The van der Waals surface area contributed by atoms with E-state index in [4.69, 9.17) is 8.22 Å². The fraction of sp³-hybridized carbons (Fsp3) is 0.100. The van der Waals surface area contributed by atoms with Crippen molar-refractivity contribution < 1.29 is 32.9 Å². The average molecular weight is 847 g/mol. The van der Waals surface area contributed by atoms with Gasteiger partial charge in [0.05, 0.1) is 77.4 Å². The molecule has 0 unspecified atom stereocenters. The quantitative estimate of drug-likeness (QED) is 0.166. The summed E-state index contributed by atoms with van der Waals surface area (Å²) >= 11 is 0. The Labute approximate surface area is 405 Å². The number of anilines is 6. The van der Waals surface area contributed by atoms with Crippen molar-refractivity contribution in [2.45, 2.75) is 41.5 Å². The van der Waals surface area contributed by atoms with Crippen LogP contribution in [-0.4, -0.2) is 8.80 Å². The lowest BCUT2D eigenvalue weighted by Gasteiger charge is -2.27. The Kier molecular flexibility index (Phi) is 4.20. The predicted octanol–water partition coefficient (Wildman–Crippen LogP) is 16.8. The number of fused-ring (bicyclic) bond motifs is 12. The third-order valence-corrected chi connectivity index (χ3v) is 12.9. The SMILES string of the molecule is [2H]c1c([2H])c([2H])c(N(c2cc(C)c(C)c(C)c2)c2c([2H])c([2H])c([2H])c3c2c2c([2H])c([2H])c([2H])c4c5c([2H])c6c(c([2H])c5n3c24)c2c([2H])c([2H])c([2H])c3c4c(N(c5cc(C)c(C)c(C)c5)c5c([2H])c([2H])c([2H])c([2H])c5[2H])c([2H])c([2H])c([2H])c4n6c32)c([2H])c1[2H]. The van der Waals surface area contributed by atoms with Gasteiger partial charge in [-0.25, -0.2) is 0 Å². The summed E-state index contributed by atoms with van der Waals surface area (Å²) in [6.07, 6.45) is 0. The van der Waals surface area contributed by atoms with Crippen molar-refractivity contribution in [3.05, 3.63) is 203 Å². The Morgan fingerprint density at radius 2 is 0.703 bits per heavy atom. The number of hydrogen-bond donors (Lipinski definition) is 0. The number of para-hydroxylation sites is 4. The molecule has 0 fully saturated rings. The zero-order valence-electron chi connectivity index (χ0n) is 59.1. The maximum Gasteiger partial charge on any atom is 0.0653 e. The van der Waals surface area contributed by atoms with Gasteiger partial charge in [-0.15, -0.1) is 0 Å². The fourth-order valence-electron chi connectivity index (χ4n) is 9.47. The molecule has 0 aliphatic heterocycles. The lowest BCUT2D eigenvalue weighted by Crippen LogP contribution is -2.11. The van der Waals surface area contributed by atoms with Crippen LogP contribution in [0.15, 0.2) is 169 Å². The van der Waals surface area contributed by atoms with Gasteiger partial charge in [-0.05, 0) is 160 Å². The van der Waals surface area contributed by atoms with Gasteiger partial charge in [-0.2, -0.15) is 0 Å². The number of aryl methyl sites for hydroxylation is 4. The Balaban J connectivity index is 1.28. The molecule has 0 saturated carbocycles. The summed E-state index contributed by atoms with van der Waals surface area (Å²) in [7, 11) is 0. The van der Waals surface area contributed by atoms with E-state index >= 15 is 0 Å². The normalized spacial score (nSPS) is 17.5. The lowest BCUT2D eigenvalue weighted by molar-refractivity contribution is 1.22. The molecule has 9 aromatic carbocycles. The summed E-state index contributed by atoms with van der Waals surface area (Å²) in [6.45, 7) is 10.8. The van der Waals surface area contributed by atoms with Crippen LogP contribution in [0.5, 0.6) is 0 Å². The van der Waals surface area contributed by atoms with Crippen LogP contribution >= 0.6 is 0 Å². The van der Waals surface area contributed by atoms with Crippen LogP contribution in [0.2, 0.25) is 0 Å². The third-order valence-electron chi connectivity index (χ3n) is 12.9. The standard InChI is InChI=1S/C60H46N4/c1-35-29-43(30-36(2)39(35)5)61(41-17-9-7-10-18-41)51-25-15-27-53-57(51)47-23-13-21-45-49-34-56-50(33-55(49)63(53)59(45)47)46-22-14-24-48-58-52(26-16-28-54(58)64(56)60(46)48)62(42-19-11-8-12-20-42)44-31-37(3)40(6)38(4)32-44/h7-34H,1-6H3/i7D,8D,9D,10D,11D,12D,13D,14D,15D,16D,17D,18D,19D,20D,21D,22D,23D,24D,25D,26D,27D,28D,33D,34D. The van der Waals surface area contributed by atoms with E-state index in [1.54, 1.807) is 52.0 Å². The lowest BCUT2D eigenvalue weighted by atomic mass is 10.0. The molecule has 0 atom stereocenters. The van der Waals surface area contributed by atoms with E-state index in [0.29, 0.717) is 22.3 Å². The average Bonchev–Trinajstić information content (AvgIpc) is 1.49. The van der Waals surface area contributed by atoms with Crippen LogP contribution in [-0.2, 0) is 0 Å². The number of benzene rings is 9. The second kappa shape index (κ2) is 13.3. The number of nitrogens with zero attached hydrogens (tertiary/aromatic N) is 4. The first kappa shape index (κ1) is 20.1. The van der Waals surface area contributed by atoms with Crippen LogP contribution in [0.25, 0.3) is 76.2 Å². The van der Waals surface area contributed by atoms with Crippen LogP contribution in [0, 0.1) is 41.5 Å². The highest BCUT2D eigenvalue weighted by Gasteiger charge is 2.27. The van der Waals surface area contributed by atoms with Crippen molar-refractivity contribution in [2.75, 3.05) is 9.80 Å². The Hall–Kier alpha value is -7.82. The zero-order valence-corrected chi connectivity index (χ0v) is 35.1. The van der Waals surface area contributed by atoms with E-state index in [0.717, 1.165) is 11.1 Å². The summed E-state index contributed by atoms with van der Waals surface area (Å²) in [5.41, 5.74) is 1.47. The molecule has 4 aromatic heterocycles. The van der Waals surface area contributed by atoms with Gasteiger partial charge in [0.25, 0.3) is 0 Å². The molecular formula is C60H46N4. The molecule has 0 amide bonds. The van der Waals surface area contributed by atoms with Gasteiger partial charge in [0.1, 0.15) is 0 Å². The molecule has 0 radical (unpaired) electrons. The van der Waals surface area contributed by atoms with E-state index in [1.807, 2.05) is 13.8 Å². The second-order valence-corrected chi connectivity index (χ2v) is 16.2. The number of aromatic nitrogens is 2. The van der Waals surface area contributed by atoms with Gasteiger partial charge < -0.3 is 18.6 Å². The van der Waals surface area contributed by atoms with Crippen LogP contribution < -0.4 is 9.80 Å². The van der Waals surface area contributed by atoms with E-state index < -0.39 is 156 Å². The maximum atomic E-state index is 10.5. The van der Waals surface area contributed by atoms with E-state index in [2.05, 4.69) is 0 Å². The monoisotopic (exact) mass is 847 g/mol. The molecule has 13 aromatic rings. The highest BCUT2D eigenvalue weighted by Crippen LogP contribution is 2.50. The van der Waals surface area contributed by atoms with Crippen LogP contribution in [0.3, 0.4) is 0 Å². The van der Waals surface area contributed by atoms with Crippen LogP contribution in [0.1, 0.15) is 66.3 Å². The summed E-state index contributed by atoms with van der Waals surface area (Å²) in [6, 6.07) is -10.3. The Bertz CT molecular complexity index is 5030. The summed E-state index contributed by atoms with van der Waals surface area (Å²) in [5.74, 6) is 0. The van der Waals surface area contributed by atoms with Crippen molar-refractivity contribution in [3.8, 4) is 0 Å². The highest BCUT2D eigenvalue weighted by atomic mass is 15.2. The van der Waals surface area contributed by atoms with Gasteiger partial charge in [-0.1, -0.05) is 84.6 Å².